The normalized spacial score (nSPS) is 12.3. The molecule has 1 aromatic carbocycles. The van der Waals surface area contributed by atoms with Gasteiger partial charge in [0, 0.05) is 6.92 Å². The molecule has 0 saturated heterocycles. The lowest BCUT2D eigenvalue weighted by Crippen LogP contribution is -2.09. The van der Waals surface area contributed by atoms with Crippen LogP contribution in [0.1, 0.15) is 35.2 Å². The maximum absolute atomic E-state index is 11.0. The zero-order valence-corrected chi connectivity index (χ0v) is 10.3. The molecule has 1 atom stereocenters. The second kappa shape index (κ2) is 5.00. The molecule has 94 valence electrons. The zero-order valence-electron chi connectivity index (χ0n) is 10.3. The summed E-state index contributed by atoms with van der Waals surface area (Å²) in [5, 5.41) is 16.7. The van der Waals surface area contributed by atoms with Crippen LogP contribution in [0, 0.1) is 13.8 Å². The minimum atomic E-state index is -0.890. The van der Waals surface area contributed by atoms with Crippen molar-refractivity contribution in [3.63, 3.8) is 0 Å². The molecule has 18 heavy (non-hydrogen) atoms. The van der Waals surface area contributed by atoms with Crippen molar-refractivity contribution < 1.29 is 14.3 Å². The third kappa shape index (κ3) is 2.56. The van der Waals surface area contributed by atoms with Crippen molar-refractivity contribution in [1.82, 2.24) is 10.2 Å². The van der Waals surface area contributed by atoms with Crippen molar-refractivity contribution in [3.8, 4) is 0 Å². The van der Waals surface area contributed by atoms with Crippen molar-refractivity contribution >= 4 is 5.97 Å². The molecule has 0 spiro atoms. The quantitative estimate of drug-likeness (QED) is 0.895. The highest BCUT2D eigenvalue weighted by Gasteiger charge is 2.24. The van der Waals surface area contributed by atoms with E-state index in [1.807, 2.05) is 31.2 Å². The lowest BCUT2D eigenvalue weighted by molar-refractivity contribution is -0.137. The van der Waals surface area contributed by atoms with E-state index in [0.29, 0.717) is 11.8 Å². The van der Waals surface area contributed by atoms with E-state index < -0.39 is 11.9 Å². The fourth-order valence-electron chi connectivity index (χ4n) is 1.94. The highest BCUT2D eigenvalue weighted by atomic mass is 16.4. The Balaban J connectivity index is 2.43. The van der Waals surface area contributed by atoms with Gasteiger partial charge in [-0.3, -0.25) is 4.79 Å². The molecule has 5 heteroatoms. The molecule has 0 aliphatic heterocycles. The summed E-state index contributed by atoms with van der Waals surface area (Å²) in [5.41, 5.74) is 1.92. The summed E-state index contributed by atoms with van der Waals surface area (Å²) in [4.78, 5) is 11.0. The average molecular weight is 246 g/mol. The van der Waals surface area contributed by atoms with Crippen LogP contribution in [0.2, 0.25) is 0 Å². The first kappa shape index (κ1) is 12.3. The molecule has 2 rings (SSSR count). The molecule has 0 aliphatic carbocycles. The van der Waals surface area contributed by atoms with Gasteiger partial charge in [-0.05, 0) is 18.1 Å². The van der Waals surface area contributed by atoms with Gasteiger partial charge in [-0.15, -0.1) is 10.2 Å². The van der Waals surface area contributed by atoms with Crippen molar-refractivity contribution in [2.75, 3.05) is 0 Å². The molecule has 5 nitrogen and oxygen atoms in total. The molecular weight excluding hydrogens is 232 g/mol. The predicted molar refractivity (Wildman–Crippen MR) is 64.3 cm³/mol. The van der Waals surface area contributed by atoms with Gasteiger partial charge in [-0.1, -0.05) is 24.3 Å². The minimum absolute atomic E-state index is 0.0630. The third-order valence-electron chi connectivity index (χ3n) is 2.78. The number of hydrogen-bond acceptors (Lipinski definition) is 4. The van der Waals surface area contributed by atoms with Gasteiger partial charge in [0.25, 0.3) is 0 Å². The maximum Gasteiger partial charge on any atom is 0.304 e. The Labute approximate surface area is 104 Å². The fourth-order valence-corrected chi connectivity index (χ4v) is 1.94. The van der Waals surface area contributed by atoms with Gasteiger partial charge in [0.2, 0.25) is 11.8 Å². The van der Waals surface area contributed by atoms with Gasteiger partial charge in [0.1, 0.15) is 0 Å². The first-order chi connectivity index (χ1) is 8.58. The molecule has 0 bridgehead atoms. The smallest absolute Gasteiger partial charge is 0.304 e. The van der Waals surface area contributed by atoms with E-state index in [9.17, 15) is 4.79 Å². The molecule has 0 fully saturated rings. The van der Waals surface area contributed by atoms with Gasteiger partial charge in [-0.25, -0.2) is 0 Å². The number of aliphatic carboxylic acids is 1. The SMILES string of the molecule is Cc1nnc(C(CC(=O)O)c2ccccc2C)o1. The number of aryl methyl sites for hydroxylation is 2. The van der Waals surface area contributed by atoms with Crippen LogP contribution in [-0.4, -0.2) is 21.3 Å². The fraction of sp³-hybridized carbons (Fsp3) is 0.308. The van der Waals surface area contributed by atoms with Crippen LogP contribution >= 0.6 is 0 Å². The Morgan fingerprint density at radius 1 is 1.33 bits per heavy atom. The summed E-state index contributed by atoms with van der Waals surface area (Å²) in [6, 6.07) is 7.62. The minimum Gasteiger partial charge on any atom is -0.481 e. The zero-order chi connectivity index (χ0) is 13.1. The van der Waals surface area contributed by atoms with Crippen LogP contribution in [0.15, 0.2) is 28.7 Å². The van der Waals surface area contributed by atoms with Gasteiger partial charge in [0.15, 0.2) is 0 Å². The van der Waals surface area contributed by atoms with Crippen LogP contribution in [0.5, 0.6) is 0 Å². The molecular formula is C13H14N2O3. The lowest BCUT2D eigenvalue weighted by atomic mass is 9.92. The van der Waals surface area contributed by atoms with Crippen LogP contribution in [-0.2, 0) is 4.79 Å². The van der Waals surface area contributed by atoms with Crippen LogP contribution < -0.4 is 0 Å². The Bertz CT molecular complexity index is 563. The van der Waals surface area contributed by atoms with Crippen molar-refractivity contribution in [1.29, 1.82) is 0 Å². The summed E-state index contributed by atoms with van der Waals surface area (Å²) in [7, 11) is 0. The van der Waals surface area contributed by atoms with E-state index in [-0.39, 0.29) is 6.42 Å². The summed E-state index contributed by atoms with van der Waals surface area (Å²) in [5.74, 6) is -0.498. The average Bonchev–Trinajstić information content (AvgIpc) is 2.73. The van der Waals surface area contributed by atoms with Crippen LogP contribution in [0.25, 0.3) is 0 Å². The number of aromatic nitrogens is 2. The number of carbonyl (C=O) groups is 1. The second-order valence-electron chi connectivity index (χ2n) is 4.17. The largest absolute Gasteiger partial charge is 0.481 e. The maximum atomic E-state index is 11.0. The van der Waals surface area contributed by atoms with Gasteiger partial charge in [-0.2, -0.15) is 0 Å². The highest BCUT2D eigenvalue weighted by Crippen LogP contribution is 2.29. The van der Waals surface area contributed by atoms with Crippen molar-refractivity contribution in [2.24, 2.45) is 0 Å². The first-order valence-corrected chi connectivity index (χ1v) is 5.65. The Kier molecular flexibility index (Phi) is 3.41. The molecule has 0 aliphatic rings. The molecule has 1 heterocycles. The standard InChI is InChI=1S/C13H14N2O3/c1-8-5-3-4-6-10(8)11(7-12(16)17)13-15-14-9(2)18-13/h3-6,11H,7H2,1-2H3,(H,16,17). The summed E-state index contributed by atoms with van der Waals surface area (Å²) in [6.07, 6.45) is -0.0630. The molecule has 0 amide bonds. The van der Waals surface area contributed by atoms with Crippen LogP contribution in [0.4, 0.5) is 0 Å². The van der Waals surface area contributed by atoms with Crippen molar-refractivity contribution in [3.05, 3.63) is 47.2 Å². The van der Waals surface area contributed by atoms with Gasteiger partial charge in [0.05, 0.1) is 12.3 Å². The lowest BCUT2D eigenvalue weighted by Gasteiger charge is -2.13. The van der Waals surface area contributed by atoms with Crippen molar-refractivity contribution in [2.45, 2.75) is 26.2 Å². The monoisotopic (exact) mass is 246 g/mol. The number of hydrogen-bond donors (Lipinski definition) is 1. The number of nitrogens with zero attached hydrogens (tertiary/aromatic N) is 2. The molecule has 2 aromatic rings. The van der Waals surface area contributed by atoms with E-state index in [2.05, 4.69) is 10.2 Å². The summed E-state index contributed by atoms with van der Waals surface area (Å²) < 4.78 is 5.37. The Morgan fingerprint density at radius 3 is 2.61 bits per heavy atom. The molecule has 0 saturated carbocycles. The van der Waals surface area contributed by atoms with E-state index in [4.69, 9.17) is 9.52 Å². The van der Waals surface area contributed by atoms with Crippen LogP contribution in [0.3, 0.4) is 0 Å². The Hall–Kier alpha value is -2.17. The van der Waals surface area contributed by atoms with E-state index >= 15 is 0 Å². The summed E-state index contributed by atoms with van der Waals surface area (Å²) >= 11 is 0. The second-order valence-corrected chi connectivity index (χ2v) is 4.17. The third-order valence-corrected chi connectivity index (χ3v) is 2.78. The number of rotatable bonds is 4. The molecule has 0 radical (unpaired) electrons. The van der Waals surface area contributed by atoms with E-state index in [1.54, 1.807) is 6.92 Å². The molecule has 1 N–H and O–H groups in total. The first-order valence-electron chi connectivity index (χ1n) is 5.65. The number of carboxylic acid groups (broad SMARTS) is 1. The highest BCUT2D eigenvalue weighted by molar-refractivity contribution is 5.68. The number of benzene rings is 1. The summed E-state index contributed by atoms with van der Waals surface area (Å²) in [6.45, 7) is 3.62. The van der Waals surface area contributed by atoms with E-state index in [1.165, 1.54) is 0 Å². The molecule has 1 unspecified atom stereocenters. The number of carboxylic acids is 1. The Morgan fingerprint density at radius 2 is 2.06 bits per heavy atom. The predicted octanol–water partition coefficient (Wildman–Crippen LogP) is 2.29. The molecule has 1 aromatic heterocycles. The van der Waals surface area contributed by atoms with Gasteiger partial charge >= 0.3 is 5.97 Å². The van der Waals surface area contributed by atoms with Gasteiger partial charge < -0.3 is 9.52 Å². The topological polar surface area (TPSA) is 76.2 Å². The van der Waals surface area contributed by atoms with E-state index in [0.717, 1.165) is 11.1 Å².